The van der Waals surface area contributed by atoms with E-state index < -0.39 is 5.41 Å². The molecule has 0 saturated carbocycles. The van der Waals surface area contributed by atoms with Crippen molar-refractivity contribution in [3.05, 3.63) is 65.4 Å². The second-order valence-corrected chi connectivity index (χ2v) is 11.0. The van der Waals surface area contributed by atoms with Gasteiger partial charge in [0.15, 0.2) is 5.78 Å². The number of rotatable bonds is 6. The Labute approximate surface area is 215 Å². The number of likely N-dealkylation sites (tertiary alicyclic amines) is 2. The van der Waals surface area contributed by atoms with Crippen molar-refractivity contribution < 1.29 is 9.53 Å². The quantitative estimate of drug-likeness (QED) is 0.561. The summed E-state index contributed by atoms with van der Waals surface area (Å²) in [7, 11) is 0. The third-order valence-corrected chi connectivity index (χ3v) is 7.80. The number of morpholine rings is 1. The number of ketones is 1. The van der Waals surface area contributed by atoms with Crippen LogP contribution in [0.1, 0.15) is 50.4 Å². The Morgan fingerprint density at radius 2 is 1.69 bits per heavy atom. The summed E-state index contributed by atoms with van der Waals surface area (Å²) in [5.74, 6) is 1.18. The zero-order chi connectivity index (χ0) is 25.0. The molecule has 3 fully saturated rings. The molecule has 0 bridgehead atoms. The lowest BCUT2D eigenvalue weighted by atomic mass is 9.74. The summed E-state index contributed by atoms with van der Waals surface area (Å²) in [6.45, 7) is 12.5. The molecule has 1 aromatic carbocycles. The molecule has 3 aliphatic heterocycles. The second kappa shape index (κ2) is 11.2. The van der Waals surface area contributed by atoms with E-state index in [1.165, 1.54) is 37.9 Å². The summed E-state index contributed by atoms with van der Waals surface area (Å²) in [6, 6.07) is 16.6. The van der Waals surface area contributed by atoms with Gasteiger partial charge in [-0.1, -0.05) is 56.7 Å². The number of nitrogens with zero attached hydrogens (tertiary/aromatic N) is 4. The molecule has 0 amide bonds. The average molecular weight is 489 g/mol. The fourth-order valence-corrected chi connectivity index (χ4v) is 5.86. The SMILES string of the molecule is CC1(C)CN(CCN2CCCCC2)C(c2ccccc2)C(=Cc2cccc(N3CCOCC3)n2)C1=O. The van der Waals surface area contributed by atoms with Gasteiger partial charge < -0.3 is 14.5 Å². The van der Waals surface area contributed by atoms with Crippen molar-refractivity contribution in [2.45, 2.75) is 39.2 Å². The van der Waals surface area contributed by atoms with Gasteiger partial charge in [-0.2, -0.15) is 0 Å². The molecule has 1 aromatic heterocycles. The maximum Gasteiger partial charge on any atom is 0.167 e. The van der Waals surface area contributed by atoms with Gasteiger partial charge in [-0.05, 0) is 49.7 Å². The van der Waals surface area contributed by atoms with E-state index in [9.17, 15) is 4.79 Å². The monoisotopic (exact) mass is 488 g/mol. The summed E-state index contributed by atoms with van der Waals surface area (Å²) in [5.41, 5.74) is 2.43. The zero-order valence-corrected chi connectivity index (χ0v) is 21.9. The van der Waals surface area contributed by atoms with E-state index in [1.807, 2.05) is 18.2 Å². The molecule has 0 radical (unpaired) electrons. The van der Waals surface area contributed by atoms with E-state index >= 15 is 0 Å². The smallest absolute Gasteiger partial charge is 0.167 e. The molecule has 1 atom stereocenters. The van der Waals surface area contributed by atoms with Gasteiger partial charge in [-0.25, -0.2) is 4.98 Å². The number of pyridine rings is 1. The van der Waals surface area contributed by atoms with Crippen molar-refractivity contribution in [1.82, 2.24) is 14.8 Å². The number of carbonyl (C=O) groups excluding carboxylic acids is 1. The molecule has 0 spiro atoms. The summed E-state index contributed by atoms with van der Waals surface area (Å²) in [5, 5.41) is 0. The van der Waals surface area contributed by atoms with E-state index in [4.69, 9.17) is 9.72 Å². The number of hydrogen-bond donors (Lipinski definition) is 0. The lowest BCUT2D eigenvalue weighted by Gasteiger charge is -2.45. The molecular formula is C30H40N4O2. The molecule has 4 heterocycles. The molecule has 192 valence electrons. The number of aromatic nitrogens is 1. The van der Waals surface area contributed by atoms with Crippen LogP contribution in [0, 0.1) is 5.41 Å². The van der Waals surface area contributed by atoms with Crippen molar-refractivity contribution in [3.63, 3.8) is 0 Å². The van der Waals surface area contributed by atoms with Crippen LogP contribution >= 0.6 is 0 Å². The zero-order valence-electron chi connectivity index (χ0n) is 21.9. The van der Waals surface area contributed by atoms with Gasteiger partial charge in [-0.15, -0.1) is 0 Å². The van der Waals surface area contributed by atoms with Gasteiger partial charge >= 0.3 is 0 Å². The van der Waals surface area contributed by atoms with Crippen LogP contribution in [-0.2, 0) is 9.53 Å². The first kappa shape index (κ1) is 25.1. The first-order valence-electron chi connectivity index (χ1n) is 13.6. The summed E-state index contributed by atoms with van der Waals surface area (Å²) in [4.78, 5) is 26.3. The van der Waals surface area contributed by atoms with Gasteiger partial charge in [-0.3, -0.25) is 9.69 Å². The van der Waals surface area contributed by atoms with E-state index in [0.717, 1.165) is 63.0 Å². The Bertz CT molecular complexity index is 1060. The van der Waals surface area contributed by atoms with Crippen LogP contribution in [0.5, 0.6) is 0 Å². The van der Waals surface area contributed by atoms with Crippen LogP contribution in [0.25, 0.3) is 6.08 Å². The minimum atomic E-state index is -0.444. The van der Waals surface area contributed by atoms with Crippen molar-refractivity contribution >= 4 is 17.7 Å². The molecule has 3 saturated heterocycles. The Hall–Kier alpha value is -2.54. The van der Waals surface area contributed by atoms with Crippen LogP contribution in [0.2, 0.25) is 0 Å². The fourth-order valence-electron chi connectivity index (χ4n) is 5.86. The highest BCUT2D eigenvalue weighted by molar-refractivity contribution is 6.05. The topological polar surface area (TPSA) is 48.9 Å². The van der Waals surface area contributed by atoms with E-state index in [-0.39, 0.29) is 11.8 Å². The number of benzene rings is 1. The average Bonchev–Trinajstić information content (AvgIpc) is 2.92. The number of Topliss-reactive ketones (excluding diaryl/α,β-unsaturated/α-hetero) is 1. The molecule has 2 aromatic rings. The maximum absolute atomic E-state index is 13.9. The Morgan fingerprint density at radius 1 is 0.944 bits per heavy atom. The van der Waals surface area contributed by atoms with Gasteiger partial charge in [0, 0.05) is 43.7 Å². The third-order valence-electron chi connectivity index (χ3n) is 7.80. The highest BCUT2D eigenvalue weighted by atomic mass is 16.5. The number of hydrogen-bond acceptors (Lipinski definition) is 6. The normalized spacial score (nSPS) is 24.8. The first-order chi connectivity index (χ1) is 17.5. The van der Waals surface area contributed by atoms with Crippen LogP contribution in [0.3, 0.4) is 0 Å². The molecule has 0 aliphatic carbocycles. The van der Waals surface area contributed by atoms with Gasteiger partial charge in [0.1, 0.15) is 5.82 Å². The van der Waals surface area contributed by atoms with E-state index in [1.54, 1.807) is 0 Å². The van der Waals surface area contributed by atoms with Gasteiger partial charge in [0.05, 0.1) is 24.9 Å². The van der Waals surface area contributed by atoms with Crippen molar-refractivity contribution in [2.24, 2.45) is 5.41 Å². The molecule has 1 unspecified atom stereocenters. The second-order valence-electron chi connectivity index (χ2n) is 11.0. The van der Waals surface area contributed by atoms with E-state index in [0.29, 0.717) is 0 Å². The molecule has 3 aliphatic rings. The van der Waals surface area contributed by atoms with Gasteiger partial charge in [0.2, 0.25) is 0 Å². The Balaban J connectivity index is 1.49. The number of anilines is 1. The van der Waals surface area contributed by atoms with Crippen LogP contribution in [0.15, 0.2) is 54.1 Å². The molecule has 0 N–H and O–H groups in total. The minimum Gasteiger partial charge on any atom is -0.378 e. The third kappa shape index (κ3) is 5.72. The fraction of sp³-hybridized carbons (Fsp3) is 0.533. The Kier molecular flexibility index (Phi) is 7.85. The molecule has 5 rings (SSSR count). The summed E-state index contributed by atoms with van der Waals surface area (Å²) in [6.07, 6.45) is 5.99. The molecule has 36 heavy (non-hydrogen) atoms. The van der Waals surface area contributed by atoms with Crippen LogP contribution in [-0.4, -0.2) is 79.6 Å². The predicted molar refractivity (Wildman–Crippen MR) is 145 cm³/mol. The largest absolute Gasteiger partial charge is 0.378 e. The number of carbonyl (C=O) groups is 1. The number of ether oxygens (including phenoxy) is 1. The predicted octanol–water partition coefficient (Wildman–Crippen LogP) is 4.44. The van der Waals surface area contributed by atoms with Crippen molar-refractivity contribution in [3.8, 4) is 0 Å². The van der Waals surface area contributed by atoms with Crippen LogP contribution < -0.4 is 4.90 Å². The van der Waals surface area contributed by atoms with Crippen molar-refractivity contribution in [1.29, 1.82) is 0 Å². The van der Waals surface area contributed by atoms with Crippen LogP contribution in [0.4, 0.5) is 5.82 Å². The Morgan fingerprint density at radius 3 is 2.44 bits per heavy atom. The maximum atomic E-state index is 13.9. The molecule has 6 heteroatoms. The summed E-state index contributed by atoms with van der Waals surface area (Å²) < 4.78 is 5.52. The van der Waals surface area contributed by atoms with E-state index in [2.05, 4.69) is 65.0 Å². The van der Waals surface area contributed by atoms with Crippen molar-refractivity contribution in [2.75, 3.05) is 63.9 Å². The highest BCUT2D eigenvalue weighted by Crippen LogP contribution is 2.41. The van der Waals surface area contributed by atoms with Gasteiger partial charge in [0.25, 0.3) is 0 Å². The molecular weight excluding hydrogens is 448 g/mol. The highest BCUT2D eigenvalue weighted by Gasteiger charge is 2.43. The molecule has 6 nitrogen and oxygen atoms in total. The number of piperidine rings is 2. The summed E-state index contributed by atoms with van der Waals surface area (Å²) >= 11 is 0. The minimum absolute atomic E-state index is 0.0645. The standard InChI is InChI=1S/C30H40N4O2/c1-30(2)23-34(17-16-32-14-7-4-8-15-32)28(24-10-5-3-6-11-24)26(29(30)35)22-25-12-9-13-27(31-25)33-18-20-36-21-19-33/h3,5-6,9-13,22,28H,4,7-8,14-21,23H2,1-2H3. The lowest BCUT2D eigenvalue weighted by molar-refractivity contribution is -0.128. The lowest BCUT2D eigenvalue weighted by Crippen LogP contribution is -2.51. The first-order valence-corrected chi connectivity index (χ1v) is 13.6.